The summed E-state index contributed by atoms with van der Waals surface area (Å²) in [6.45, 7) is 2.55. The number of rotatable bonds is 3. The topological polar surface area (TPSA) is 104 Å². The van der Waals surface area contributed by atoms with Crippen molar-refractivity contribution in [3.05, 3.63) is 48.3 Å². The van der Waals surface area contributed by atoms with Crippen molar-refractivity contribution in [2.75, 3.05) is 13.1 Å². The van der Waals surface area contributed by atoms with Gasteiger partial charge in [0.2, 0.25) is 0 Å². The number of hydrogen-bond donors (Lipinski definition) is 2. The zero-order valence-corrected chi connectivity index (χ0v) is 14.3. The van der Waals surface area contributed by atoms with E-state index in [4.69, 9.17) is 0 Å². The molecule has 26 heavy (non-hydrogen) atoms. The average molecular weight is 353 g/mol. The summed E-state index contributed by atoms with van der Waals surface area (Å²) in [6, 6.07) is 5.34. The lowest BCUT2D eigenvalue weighted by Crippen LogP contribution is -2.52. The number of hydrogen-bond acceptors (Lipinski definition) is 4. The van der Waals surface area contributed by atoms with E-state index in [1.54, 1.807) is 53.3 Å². The first-order chi connectivity index (χ1) is 12.5. The number of imidazole rings is 2. The molecule has 1 aromatic carbocycles. The third-order valence-electron chi connectivity index (χ3n) is 5.23. The molecule has 0 saturated carbocycles. The number of carboxylic acid groups (broad SMARTS) is 1. The van der Waals surface area contributed by atoms with Gasteiger partial charge in [0.15, 0.2) is 0 Å². The van der Waals surface area contributed by atoms with E-state index in [-0.39, 0.29) is 5.91 Å². The molecule has 1 aliphatic heterocycles. The molecule has 0 spiro atoms. The number of H-pyrrole nitrogens is 1. The summed E-state index contributed by atoms with van der Waals surface area (Å²) in [7, 11) is 0. The van der Waals surface area contributed by atoms with Gasteiger partial charge < -0.3 is 19.6 Å². The molecule has 0 radical (unpaired) electrons. The third kappa shape index (κ3) is 2.45. The SMILES string of the molecule is Cc1nccn1C1(C(=O)O)CCN(C(=O)c2ccc3nc[nH]c3c2)CC1. The number of aromatic nitrogens is 4. The van der Waals surface area contributed by atoms with E-state index in [1.807, 2.05) is 0 Å². The van der Waals surface area contributed by atoms with Gasteiger partial charge in [-0.1, -0.05) is 0 Å². The summed E-state index contributed by atoms with van der Waals surface area (Å²) in [6.07, 6.45) is 5.59. The average Bonchev–Trinajstić information content (AvgIpc) is 3.29. The van der Waals surface area contributed by atoms with Crippen LogP contribution in [0.1, 0.15) is 29.0 Å². The second-order valence-corrected chi connectivity index (χ2v) is 6.61. The van der Waals surface area contributed by atoms with Crippen molar-refractivity contribution >= 4 is 22.9 Å². The molecule has 8 heteroatoms. The van der Waals surface area contributed by atoms with Gasteiger partial charge >= 0.3 is 5.97 Å². The van der Waals surface area contributed by atoms with Crippen LogP contribution in [-0.4, -0.2) is 54.5 Å². The van der Waals surface area contributed by atoms with Crippen molar-refractivity contribution in [2.24, 2.45) is 0 Å². The maximum atomic E-state index is 12.8. The van der Waals surface area contributed by atoms with Crippen LogP contribution in [0.5, 0.6) is 0 Å². The van der Waals surface area contributed by atoms with E-state index >= 15 is 0 Å². The first-order valence-electron chi connectivity index (χ1n) is 8.47. The van der Waals surface area contributed by atoms with Crippen molar-refractivity contribution in [3.8, 4) is 0 Å². The molecule has 1 saturated heterocycles. The Balaban J connectivity index is 1.56. The van der Waals surface area contributed by atoms with Crippen molar-refractivity contribution in [1.82, 2.24) is 24.4 Å². The summed E-state index contributed by atoms with van der Waals surface area (Å²) < 4.78 is 1.72. The molecule has 0 atom stereocenters. The van der Waals surface area contributed by atoms with Crippen LogP contribution >= 0.6 is 0 Å². The van der Waals surface area contributed by atoms with Crippen LogP contribution in [0.3, 0.4) is 0 Å². The molecule has 1 amide bonds. The van der Waals surface area contributed by atoms with Crippen molar-refractivity contribution in [3.63, 3.8) is 0 Å². The molecular weight excluding hydrogens is 334 g/mol. The Kier molecular flexibility index (Phi) is 3.75. The summed E-state index contributed by atoms with van der Waals surface area (Å²) in [5.41, 5.74) is 1.14. The summed E-state index contributed by atoms with van der Waals surface area (Å²) >= 11 is 0. The summed E-state index contributed by atoms with van der Waals surface area (Å²) in [5.74, 6) is -0.315. The van der Waals surface area contributed by atoms with Gasteiger partial charge in [-0.05, 0) is 38.0 Å². The number of fused-ring (bicyclic) bond motifs is 1. The molecule has 134 valence electrons. The predicted octanol–water partition coefficient (Wildman–Crippen LogP) is 1.78. The molecule has 2 N–H and O–H groups in total. The molecule has 1 aliphatic rings. The predicted molar refractivity (Wildman–Crippen MR) is 93.8 cm³/mol. The number of aromatic amines is 1. The largest absolute Gasteiger partial charge is 0.479 e. The molecular formula is C18H19N5O3. The quantitative estimate of drug-likeness (QED) is 0.747. The van der Waals surface area contributed by atoms with E-state index in [0.29, 0.717) is 37.3 Å². The normalized spacial score (nSPS) is 16.7. The minimum absolute atomic E-state index is 0.0946. The number of piperidine rings is 1. The maximum Gasteiger partial charge on any atom is 0.330 e. The highest BCUT2D eigenvalue weighted by Crippen LogP contribution is 2.32. The monoisotopic (exact) mass is 353 g/mol. The molecule has 2 aromatic heterocycles. The van der Waals surface area contributed by atoms with Crippen LogP contribution in [0, 0.1) is 6.92 Å². The highest BCUT2D eigenvalue weighted by atomic mass is 16.4. The third-order valence-corrected chi connectivity index (χ3v) is 5.23. The Morgan fingerprint density at radius 1 is 1.23 bits per heavy atom. The first-order valence-corrected chi connectivity index (χ1v) is 8.47. The van der Waals surface area contributed by atoms with Crippen molar-refractivity contribution in [2.45, 2.75) is 25.3 Å². The number of amides is 1. The summed E-state index contributed by atoms with van der Waals surface area (Å²) in [5, 5.41) is 9.86. The second kappa shape index (κ2) is 5.98. The number of likely N-dealkylation sites (tertiary alicyclic amines) is 1. The van der Waals surface area contributed by atoms with E-state index < -0.39 is 11.5 Å². The van der Waals surface area contributed by atoms with Crippen molar-refractivity contribution in [1.29, 1.82) is 0 Å². The Labute approximate surface area is 149 Å². The Morgan fingerprint density at radius 3 is 2.65 bits per heavy atom. The van der Waals surface area contributed by atoms with Gasteiger partial charge in [-0.3, -0.25) is 4.79 Å². The number of carboxylic acids is 1. The smallest absolute Gasteiger partial charge is 0.330 e. The lowest BCUT2D eigenvalue weighted by molar-refractivity contribution is -0.150. The van der Waals surface area contributed by atoms with Crippen LogP contribution in [0.15, 0.2) is 36.9 Å². The fourth-order valence-electron chi connectivity index (χ4n) is 3.72. The van der Waals surface area contributed by atoms with Gasteiger partial charge in [0, 0.05) is 31.0 Å². The van der Waals surface area contributed by atoms with Gasteiger partial charge in [0.25, 0.3) is 5.91 Å². The number of aryl methyl sites for hydroxylation is 1. The van der Waals surface area contributed by atoms with Crippen LogP contribution in [0.2, 0.25) is 0 Å². The minimum atomic E-state index is -1.05. The molecule has 4 rings (SSSR count). The summed E-state index contributed by atoms with van der Waals surface area (Å²) in [4.78, 5) is 37.9. The lowest BCUT2D eigenvalue weighted by Gasteiger charge is -2.40. The first kappa shape index (κ1) is 16.3. The number of carbonyl (C=O) groups excluding carboxylic acids is 1. The van der Waals surface area contributed by atoms with Gasteiger partial charge in [-0.25, -0.2) is 14.8 Å². The Hall–Kier alpha value is -3.16. The maximum absolute atomic E-state index is 12.8. The zero-order valence-electron chi connectivity index (χ0n) is 14.3. The number of nitrogens with one attached hydrogen (secondary N) is 1. The van der Waals surface area contributed by atoms with E-state index in [2.05, 4.69) is 15.0 Å². The fraction of sp³-hybridized carbons (Fsp3) is 0.333. The number of nitrogens with zero attached hydrogens (tertiary/aromatic N) is 4. The molecule has 3 heterocycles. The Bertz CT molecular complexity index is 982. The van der Waals surface area contributed by atoms with Gasteiger partial charge in [0.05, 0.1) is 17.4 Å². The minimum Gasteiger partial charge on any atom is -0.479 e. The van der Waals surface area contributed by atoms with Crippen LogP contribution in [0.4, 0.5) is 0 Å². The Morgan fingerprint density at radius 2 is 2.00 bits per heavy atom. The van der Waals surface area contributed by atoms with E-state index in [0.717, 1.165) is 11.0 Å². The molecule has 0 aliphatic carbocycles. The van der Waals surface area contributed by atoms with Gasteiger partial charge in [-0.15, -0.1) is 0 Å². The second-order valence-electron chi connectivity index (χ2n) is 6.61. The van der Waals surface area contributed by atoms with Gasteiger partial charge in [0.1, 0.15) is 11.4 Å². The molecule has 0 bridgehead atoms. The molecule has 1 fully saturated rings. The van der Waals surface area contributed by atoms with Crippen LogP contribution < -0.4 is 0 Å². The molecule has 3 aromatic rings. The fourth-order valence-corrected chi connectivity index (χ4v) is 3.72. The zero-order chi connectivity index (χ0) is 18.3. The van der Waals surface area contributed by atoms with Gasteiger partial charge in [-0.2, -0.15) is 0 Å². The van der Waals surface area contributed by atoms with E-state index in [1.165, 1.54) is 0 Å². The van der Waals surface area contributed by atoms with Crippen LogP contribution in [-0.2, 0) is 10.3 Å². The number of aliphatic carboxylic acids is 1. The number of benzene rings is 1. The number of carbonyl (C=O) groups is 2. The standard InChI is InChI=1S/C18H19N5O3/c1-12-19-6-9-23(12)18(17(25)26)4-7-22(8-5-18)16(24)13-2-3-14-15(10-13)21-11-20-14/h2-3,6,9-11H,4-5,7-8H2,1H3,(H,20,21)(H,25,26). The highest BCUT2D eigenvalue weighted by Gasteiger charge is 2.44. The lowest BCUT2D eigenvalue weighted by atomic mass is 9.86. The highest BCUT2D eigenvalue weighted by molar-refractivity contribution is 5.97. The molecule has 0 unspecified atom stereocenters. The van der Waals surface area contributed by atoms with Crippen molar-refractivity contribution < 1.29 is 14.7 Å². The van der Waals surface area contributed by atoms with Crippen LogP contribution in [0.25, 0.3) is 11.0 Å². The van der Waals surface area contributed by atoms with E-state index in [9.17, 15) is 14.7 Å². The molecule has 8 nitrogen and oxygen atoms in total.